The number of nitrogens with one attached hydrogen (secondary N) is 3. The van der Waals surface area contributed by atoms with Crippen molar-refractivity contribution in [2.45, 2.75) is 66.1 Å². The average molecular weight is 400 g/mol. The van der Waals surface area contributed by atoms with E-state index in [0.717, 1.165) is 30.0 Å². The Hall–Kier alpha value is -2.83. The molecule has 1 amide bonds. The number of hydrogen-bond acceptors (Lipinski definition) is 4. The van der Waals surface area contributed by atoms with E-state index in [9.17, 15) is 4.79 Å². The lowest BCUT2D eigenvalue weighted by atomic mass is 10.1. The monoisotopic (exact) mass is 399 g/mol. The zero-order valence-electron chi connectivity index (χ0n) is 18.1. The minimum Gasteiger partial charge on any atom is -0.359 e. The highest BCUT2D eigenvalue weighted by Gasteiger charge is 2.09. The fraction of sp³-hybridized carbons (Fsp3) is 0.500. The summed E-state index contributed by atoms with van der Waals surface area (Å²) in [5.41, 5.74) is 2.64. The van der Waals surface area contributed by atoms with Crippen LogP contribution in [0.3, 0.4) is 0 Å². The molecule has 3 N–H and O–H groups in total. The number of carbonyl (C=O) groups is 1. The summed E-state index contributed by atoms with van der Waals surface area (Å²) >= 11 is 0. The largest absolute Gasteiger partial charge is 0.359 e. The van der Waals surface area contributed by atoms with Crippen molar-refractivity contribution >= 4 is 11.9 Å². The molecule has 1 aromatic heterocycles. The second-order valence-electron chi connectivity index (χ2n) is 7.40. The van der Waals surface area contributed by atoms with Gasteiger partial charge in [0.1, 0.15) is 0 Å². The number of guanidine groups is 1. The predicted octanol–water partition coefficient (Wildman–Crippen LogP) is 3.58. The van der Waals surface area contributed by atoms with Gasteiger partial charge in [-0.2, -0.15) is 0 Å². The molecule has 0 spiro atoms. The van der Waals surface area contributed by atoms with Gasteiger partial charge in [0.2, 0.25) is 0 Å². The van der Waals surface area contributed by atoms with Crippen molar-refractivity contribution < 1.29 is 9.32 Å². The lowest BCUT2D eigenvalue weighted by Crippen LogP contribution is -2.36. The van der Waals surface area contributed by atoms with Crippen LogP contribution in [0.4, 0.5) is 0 Å². The summed E-state index contributed by atoms with van der Waals surface area (Å²) in [7, 11) is 0. The standard InChI is InChI=1S/C22H33N5O2/c1-6-16(5)26-21(28)18-10-8-17(9-11-18)13-24-22(23-7-2)25-14-19-12-20(15(3)4)27-29-19/h8-12,15-16H,6-7,13-14H2,1-5H3,(H,26,28)(H2,23,24,25). The van der Waals surface area contributed by atoms with Crippen LogP contribution in [-0.4, -0.2) is 29.6 Å². The number of aliphatic imine (C=N–C) groups is 1. The molecule has 7 heteroatoms. The maximum atomic E-state index is 12.2. The maximum absolute atomic E-state index is 12.2. The quantitative estimate of drug-likeness (QED) is 0.443. The van der Waals surface area contributed by atoms with Gasteiger partial charge < -0.3 is 20.5 Å². The molecule has 1 heterocycles. The van der Waals surface area contributed by atoms with Gasteiger partial charge in [-0.05, 0) is 43.9 Å². The van der Waals surface area contributed by atoms with E-state index in [1.807, 2.05) is 51.1 Å². The third-order valence-electron chi connectivity index (χ3n) is 4.57. The van der Waals surface area contributed by atoms with Gasteiger partial charge in [-0.1, -0.05) is 38.1 Å². The van der Waals surface area contributed by atoms with Gasteiger partial charge in [-0.25, -0.2) is 4.99 Å². The Morgan fingerprint density at radius 1 is 1.14 bits per heavy atom. The first-order valence-corrected chi connectivity index (χ1v) is 10.3. The van der Waals surface area contributed by atoms with Crippen molar-refractivity contribution in [2.75, 3.05) is 6.54 Å². The summed E-state index contributed by atoms with van der Waals surface area (Å²) in [5.74, 6) is 1.77. The average Bonchev–Trinajstić information content (AvgIpc) is 3.19. The van der Waals surface area contributed by atoms with Crippen LogP contribution < -0.4 is 16.0 Å². The van der Waals surface area contributed by atoms with Crippen LogP contribution in [0.1, 0.15) is 74.3 Å². The Morgan fingerprint density at radius 2 is 1.86 bits per heavy atom. The minimum atomic E-state index is -0.0442. The molecule has 0 bridgehead atoms. The van der Waals surface area contributed by atoms with Crippen LogP contribution in [0, 0.1) is 0 Å². The molecule has 1 unspecified atom stereocenters. The molecule has 0 saturated heterocycles. The molecule has 1 atom stereocenters. The van der Waals surface area contributed by atoms with E-state index in [-0.39, 0.29) is 11.9 Å². The van der Waals surface area contributed by atoms with Crippen LogP contribution in [0.25, 0.3) is 0 Å². The van der Waals surface area contributed by atoms with Crippen molar-refractivity contribution in [1.29, 1.82) is 0 Å². The number of aromatic nitrogens is 1. The Balaban J connectivity index is 1.93. The number of amides is 1. The summed E-state index contributed by atoms with van der Waals surface area (Å²) in [4.78, 5) is 16.8. The van der Waals surface area contributed by atoms with Crippen molar-refractivity contribution in [3.05, 3.63) is 52.9 Å². The summed E-state index contributed by atoms with van der Waals surface area (Å²) in [6.45, 7) is 12.0. The molecule has 7 nitrogen and oxygen atoms in total. The Morgan fingerprint density at radius 3 is 2.45 bits per heavy atom. The lowest BCUT2D eigenvalue weighted by molar-refractivity contribution is 0.0939. The van der Waals surface area contributed by atoms with Crippen LogP contribution in [0.15, 0.2) is 39.8 Å². The molecule has 0 saturated carbocycles. The van der Waals surface area contributed by atoms with Gasteiger partial charge in [0.05, 0.1) is 18.8 Å². The normalized spacial score (nSPS) is 12.7. The van der Waals surface area contributed by atoms with E-state index in [1.54, 1.807) is 0 Å². The minimum absolute atomic E-state index is 0.0442. The summed E-state index contributed by atoms with van der Waals surface area (Å²) in [6.07, 6.45) is 0.908. The van der Waals surface area contributed by atoms with Crippen LogP contribution in [0.2, 0.25) is 0 Å². The van der Waals surface area contributed by atoms with E-state index in [4.69, 9.17) is 4.52 Å². The summed E-state index contributed by atoms with van der Waals surface area (Å²) < 4.78 is 5.36. The zero-order chi connectivity index (χ0) is 21.2. The van der Waals surface area contributed by atoms with Crippen LogP contribution >= 0.6 is 0 Å². The number of nitrogens with zero attached hydrogens (tertiary/aromatic N) is 2. The Labute approximate surface area is 173 Å². The zero-order valence-corrected chi connectivity index (χ0v) is 18.1. The topological polar surface area (TPSA) is 91.5 Å². The molecule has 1 aromatic carbocycles. The van der Waals surface area contributed by atoms with E-state index in [0.29, 0.717) is 30.5 Å². The maximum Gasteiger partial charge on any atom is 0.251 e. The van der Waals surface area contributed by atoms with E-state index >= 15 is 0 Å². The summed E-state index contributed by atoms with van der Waals surface area (Å²) in [5, 5.41) is 13.5. The molecule has 2 aromatic rings. The van der Waals surface area contributed by atoms with Crippen molar-refractivity contribution in [1.82, 2.24) is 21.1 Å². The first-order valence-electron chi connectivity index (χ1n) is 10.3. The smallest absolute Gasteiger partial charge is 0.251 e. The Kier molecular flexibility index (Phi) is 8.70. The third kappa shape index (κ3) is 7.25. The van der Waals surface area contributed by atoms with E-state index < -0.39 is 0 Å². The molecule has 29 heavy (non-hydrogen) atoms. The molecule has 0 aliphatic carbocycles. The van der Waals surface area contributed by atoms with Gasteiger partial charge in [0.25, 0.3) is 5.91 Å². The molecule has 0 fully saturated rings. The van der Waals surface area contributed by atoms with E-state index in [1.165, 1.54) is 0 Å². The van der Waals surface area contributed by atoms with Gasteiger partial charge in [0.15, 0.2) is 11.7 Å². The third-order valence-corrected chi connectivity index (χ3v) is 4.57. The Bertz CT molecular complexity index is 796. The van der Waals surface area contributed by atoms with Crippen LogP contribution in [-0.2, 0) is 13.1 Å². The van der Waals surface area contributed by atoms with E-state index in [2.05, 4.69) is 39.9 Å². The molecular weight excluding hydrogens is 366 g/mol. The fourth-order valence-corrected chi connectivity index (χ4v) is 2.54. The van der Waals surface area contributed by atoms with Gasteiger partial charge >= 0.3 is 0 Å². The van der Waals surface area contributed by atoms with Crippen molar-refractivity contribution in [3.8, 4) is 0 Å². The lowest BCUT2D eigenvalue weighted by Gasteiger charge is -2.12. The molecule has 2 rings (SSSR count). The molecule has 0 aliphatic heterocycles. The first kappa shape index (κ1) is 22.5. The van der Waals surface area contributed by atoms with Crippen LogP contribution in [0.5, 0.6) is 0 Å². The number of rotatable bonds is 9. The molecule has 0 radical (unpaired) electrons. The molecule has 158 valence electrons. The highest BCUT2D eigenvalue weighted by atomic mass is 16.5. The predicted molar refractivity (Wildman–Crippen MR) is 116 cm³/mol. The highest BCUT2D eigenvalue weighted by molar-refractivity contribution is 5.94. The molecule has 0 aliphatic rings. The van der Waals surface area contributed by atoms with Gasteiger partial charge in [0, 0.05) is 24.2 Å². The number of hydrogen-bond donors (Lipinski definition) is 3. The number of benzene rings is 1. The second-order valence-corrected chi connectivity index (χ2v) is 7.40. The van der Waals surface area contributed by atoms with Gasteiger partial charge in [-0.15, -0.1) is 0 Å². The second kappa shape index (κ2) is 11.2. The fourth-order valence-electron chi connectivity index (χ4n) is 2.54. The summed E-state index contributed by atoms with van der Waals surface area (Å²) in [6, 6.07) is 9.68. The highest BCUT2D eigenvalue weighted by Crippen LogP contribution is 2.13. The first-order chi connectivity index (χ1) is 13.9. The van der Waals surface area contributed by atoms with Gasteiger partial charge in [-0.3, -0.25) is 4.79 Å². The molecular formula is C22H33N5O2. The SMILES string of the molecule is CCNC(=NCc1ccc(C(=O)NC(C)CC)cc1)NCc1cc(C(C)C)no1. The number of carbonyl (C=O) groups excluding carboxylic acids is 1. The van der Waals surface area contributed by atoms with Crippen molar-refractivity contribution in [2.24, 2.45) is 4.99 Å². The van der Waals surface area contributed by atoms with Crippen molar-refractivity contribution in [3.63, 3.8) is 0 Å².